The number of rotatable bonds is 7. The smallest absolute Gasteiger partial charge is 0.325 e. The molecule has 5 nitrogen and oxygen atoms in total. The first-order valence-electron chi connectivity index (χ1n) is 11.6. The summed E-state index contributed by atoms with van der Waals surface area (Å²) in [5.41, 5.74) is 3.20. The van der Waals surface area contributed by atoms with E-state index in [1.54, 1.807) is 7.05 Å². The number of likely N-dealkylation sites (N-methyl/N-ethyl adjacent to an activating group) is 1. The maximum absolute atomic E-state index is 12.5. The van der Waals surface area contributed by atoms with Gasteiger partial charge in [0.05, 0.1) is 7.11 Å². The Morgan fingerprint density at radius 3 is 2.52 bits per heavy atom. The quantitative estimate of drug-likeness (QED) is 0.517. The molecular weight excluding hydrogens is 412 g/mol. The van der Waals surface area contributed by atoms with Gasteiger partial charge >= 0.3 is 5.97 Å². The number of ether oxygens (including phenoxy) is 1. The first kappa shape index (κ1) is 23.0. The second kappa shape index (κ2) is 10.2. The van der Waals surface area contributed by atoms with Crippen LogP contribution in [0.3, 0.4) is 0 Å². The molecule has 1 aliphatic rings. The van der Waals surface area contributed by atoms with Crippen LogP contribution in [-0.4, -0.2) is 43.5 Å². The fourth-order valence-corrected chi connectivity index (χ4v) is 4.96. The van der Waals surface area contributed by atoms with Crippen molar-refractivity contribution in [2.75, 3.05) is 20.7 Å². The topological polar surface area (TPSA) is 58.6 Å². The number of hydrogen-bond acceptors (Lipinski definition) is 4. The van der Waals surface area contributed by atoms with Gasteiger partial charge in [0.1, 0.15) is 6.54 Å². The van der Waals surface area contributed by atoms with Crippen LogP contribution in [0.2, 0.25) is 0 Å². The molecule has 3 aromatic rings. The molecule has 1 amide bonds. The van der Waals surface area contributed by atoms with E-state index in [1.807, 2.05) is 12.1 Å². The lowest BCUT2D eigenvalue weighted by atomic mass is 9.95. The van der Waals surface area contributed by atoms with Gasteiger partial charge in [-0.2, -0.15) is 0 Å². The van der Waals surface area contributed by atoms with E-state index in [9.17, 15) is 9.59 Å². The second-order valence-electron chi connectivity index (χ2n) is 9.02. The normalized spacial score (nSPS) is 18.8. The third-order valence-corrected chi connectivity index (χ3v) is 6.78. The summed E-state index contributed by atoms with van der Waals surface area (Å²) in [5.74, 6) is -0.120. The maximum atomic E-state index is 12.5. The highest BCUT2D eigenvalue weighted by Gasteiger charge is 2.27. The minimum Gasteiger partial charge on any atom is -0.468 e. The zero-order chi connectivity index (χ0) is 23.4. The molecule has 0 aliphatic heterocycles. The van der Waals surface area contributed by atoms with Gasteiger partial charge in [-0.15, -0.1) is 0 Å². The van der Waals surface area contributed by atoms with Crippen LogP contribution in [0.4, 0.5) is 0 Å². The molecule has 0 spiro atoms. The second-order valence-corrected chi connectivity index (χ2v) is 9.02. The predicted octanol–water partition coefficient (Wildman–Crippen LogP) is 5.07. The molecule has 0 bridgehead atoms. The summed E-state index contributed by atoms with van der Waals surface area (Å²) in [7, 11) is 2.93. The van der Waals surface area contributed by atoms with Crippen LogP contribution in [0.1, 0.15) is 59.6 Å². The SMILES string of the molecule is COC(=O)CN(C)C(=O)c1ccc([C@@H]2CC[C@H](N[C@H](C)c3cccc4ccccc34)C2)cc1. The zero-order valence-electron chi connectivity index (χ0n) is 19.6. The third kappa shape index (κ3) is 5.25. The molecule has 172 valence electrons. The Labute approximate surface area is 195 Å². The van der Waals surface area contributed by atoms with Crippen LogP contribution >= 0.6 is 0 Å². The van der Waals surface area contributed by atoms with Gasteiger partial charge in [-0.1, -0.05) is 54.6 Å². The van der Waals surface area contributed by atoms with Crippen molar-refractivity contribution >= 4 is 22.6 Å². The van der Waals surface area contributed by atoms with E-state index in [0.29, 0.717) is 17.5 Å². The summed E-state index contributed by atoms with van der Waals surface area (Å²) >= 11 is 0. The van der Waals surface area contributed by atoms with E-state index in [0.717, 1.165) is 19.3 Å². The molecule has 33 heavy (non-hydrogen) atoms. The lowest BCUT2D eigenvalue weighted by molar-refractivity contribution is -0.141. The molecule has 0 unspecified atom stereocenters. The van der Waals surface area contributed by atoms with E-state index >= 15 is 0 Å². The largest absolute Gasteiger partial charge is 0.468 e. The molecule has 1 saturated carbocycles. The monoisotopic (exact) mass is 444 g/mol. The van der Waals surface area contributed by atoms with Crippen molar-refractivity contribution in [3.05, 3.63) is 83.4 Å². The first-order chi connectivity index (χ1) is 16.0. The fourth-order valence-electron chi connectivity index (χ4n) is 4.96. The Morgan fingerprint density at radius 1 is 1.03 bits per heavy atom. The summed E-state index contributed by atoms with van der Waals surface area (Å²) in [5, 5.41) is 6.44. The predicted molar refractivity (Wildman–Crippen MR) is 131 cm³/mol. The number of esters is 1. The highest BCUT2D eigenvalue weighted by atomic mass is 16.5. The minimum atomic E-state index is -0.426. The van der Waals surface area contributed by atoms with Gasteiger partial charge < -0.3 is 15.0 Å². The molecular formula is C28H32N2O3. The van der Waals surface area contributed by atoms with Gasteiger partial charge in [0, 0.05) is 24.7 Å². The van der Waals surface area contributed by atoms with Gasteiger partial charge in [-0.25, -0.2) is 0 Å². The molecule has 3 aromatic carbocycles. The molecule has 1 fully saturated rings. The van der Waals surface area contributed by atoms with Crippen LogP contribution in [0.25, 0.3) is 10.8 Å². The van der Waals surface area contributed by atoms with Crippen molar-refractivity contribution in [1.29, 1.82) is 0 Å². The van der Waals surface area contributed by atoms with E-state index in [-0.39, 0.29) is 18.5 Å². The van der Waals surface area contributed by atoms with Gasteiger partial charge in [0.15, 0.2) is 0 Å². The van der Waals surface area contributed by atoms with Crippen molar-refractivity contribution < 1.29 is 14.3 Å². The Morgan fingerprint density at radius 2 is 1.76 bits per heavy atom. The number of hydrogen-bond donors (Lipinski definition) is 1. The maximum Gasteiger partial charge on any atom is 0.325 e. The van der Waals surface area contributed by atoms with Crippen molar-refractivity contribution in [2.45, 2.75) is 44.2 Å². The van der Waals surface area contributed by atoms with E-state index < -0.39 is 5.97 Å². The summed E-state index contributed by atoms with van der Waals surface area (Å²) in [4.78, 5) is 25.3. The molecule has 0 heterocycles. The van der Waals surface area contributed by atoms with Gasteiger partial charge in [0.2, 0.25) is 0 Å². The number of nitrogens with one attached hydrogen (secondary N) is 1. The summed E-state index contributed by atoms with van der Waals surface area (Å²) in [6.07, 6.45) is 3.36. The number of carbonyl (C=O) groups is 2. The number of fused-ring (bicyclic) bond motifs is 1. The van der Waals surface area contributed by atoms with Crippen LogP contribution in [0.5, 0.6) is 0 Å². The number of carbonyl (C=O) groups excluding carboxylic acids is 2. The Balaban J connectivity index is 1.37. The van der Waals surface area contributed by atoms with Crippen LogP contribution < -0.4 is 5.32 Å². The summed E-state index contributed by atoms with van der Waals surface area (Å²) in [6, 6.07) is 23.7. The van der Waals surface area contributed by atoms with Crippen molar-refractivity contribution in [1.82, 2.24) is 10.2 Å². The van der Waals surface area contributed by atoms with Crippen LogP contribution in [0.15, 0.2) is 66.7 Å². The lowest BCUT2D eigenvalue weighted by Crippen LogP contribution is -2.32. The summed E-state index contributed by atoms with van der Waals surface area (Å²) < 4.78 is 4.64. The van der Waals surface area contributed by atoms with Gasteiger partial charge in [-0.05, 0) is 66.1 Å². The van der Waals surface area contributed by atoms with E-state index in [4.69, 9.17) is 0 Å². The average molecular weight is 445 g/mol. The van der Waals surface area contributed by atoms with Gasteiger partial charge in [0.25, 0.3) is 5.91 Å². The van der Waals surface area contributed by atoms with Crippen molar-refractivity contribution in [2.24, 2.45) is 0 Å². The highest BCUT2D eigenvalue weighted by Crippen LogP contribution is 2.36. The van der Waals surface area contributed by atoms with E-state index in [1.165, 1.54) is 33.9 Å². The lowest BCUT2D eigenvalue weighted by Gasteiger charge is -2.22. The van der Waals surface area contributed by atoms with Gasteiger partial charge in [-0.3, -0.25) is 9.59 Å². The molecule has 0 aromatic heterocycles. The molecule has 1 N–H and O–H groups in total. The highest BCUT2D eigenvalue weighted by molar-refractivity contribution is 5.95. The molecule has 3 atom stereocenters. The average Bonchev–Trinajstić information content (AvgIpc) is 3.31. The van der Waals surface area contributed by atoms with E-state index in [2.05, 4.69) is 71.6 Å². The van der Waals surface area contributed by atoms with Crippen molar-refractivity contribution in [3.63, 3.8) is 0 Å². The summed E-state index contributed by atoms with van der Waals surface area (Å²) in [6.45, 7) is 2.20. The van der Waals surface area contributed by atoms with Crippen LogP contribution in [-0.2, 0) is 9.53 Å². The van der Waals surface area contributed by atoms with Crippen LogP contribution in [0, 0.1) is 0 Å². The number of nitrogens with zero attached hydrogens (tertiary/aromatic N) is 1. The molecule has 0 saturated heterocycles. The Bertz CT molecular complexity index is 1120. The molecule has 5 heteroatoms. The minimum absolute atomic E-state index is 0.0536. The third-order valence-electron chi connectivity index (χ3n) is 6.78. The number of methoxy groups -OCH3 is 1. The molecule has 1 aliphatic carbocycles. The Kier molecular flexibility index (Phi) is 7.09. The fraction of sp³-hybridized carbons (Fsp3) is 0.357. The molecule has 4 rings (SSSR count). The zero-order valence-corrected chi connectivity index (χ0v) is 19.6. The first-order valence-corrected chi connectivity index (χ1v) is 11.6. The number of amides is 1. The van der Waals surface area contributed by atoms with Crippen molar-refractivity contribution in [3.8, 4) is 0 Å². The Hall–Kier alpha value is -3.18. The molecule has 0 radical (unpaired) electrons. The standard InChI is InChI=1S/C28H32N2O3/c1-19(25-10-6-8-21-7-4-5-9-26(21)25)29-24-16-15-23(17-24)20-11-13-22(14-12-20)28(32)30(2)18-27(31)33-3/h4-14,19,23-24,29H,15-18H2,1-3H3/t19-,23-,24+/m1/s1. The number of benzene rings is 3.